The summed E-state index contributed by atoms with van der Waals surface area (Å²) < 4.78 is 13.6. The maximum Gasteiger partial charge on any atom is 0.240 e. The van der Waals surface area contributed by atoms with Crippen LogP contribution in [0.1, 0.15) is 23.6 Å². The number of hydrogen-bond donors (Lipinski definition) is 1. The lowest BCUT2D eigenvalue weighted by atomic mass is 10.1. The summed E-state index contributed by atoms with van der Waals surface area (Å²) in [6, 6.07) is 12.2. The van der Waals surface area contributed by atoms with Crippen LogP contribution in [0.15, 0.2) is 42.5 Å². The summed E-state index contributed by atoms with van der Waals surface area (Å²) in [7, 11) is 0. The Morgan fingerprint density at radius 2 is 1.68 bits per heavy atom. The van der Waals surface area contributed by atoms with Gasteiger partial charge in [-0.25, -0.2) is 4.39 Å². The van der Waals surface area contributed by atoms with Crippen LogP contribution in [0, 0.1) is 19.7 Å². The van der Waals surface area contributed by atoms with Gasteiger partial charge in [-0.3, -0.25) is 9.59 Å². The van der Waals surface area contributed by atoms with E-state index in [-0.39, 0.29) is 24.2 Å². The Bertz CT molecular complexity index is 754. The van der Waals surface area contributed by atoms with Gasteiger partial charge in [0.15, 0.2) is 0 Å². The fourth-order valence-electron chi connectivity index (χ4n) is 2.82. The molecule has 0 saturated carbocycles. The van der Waals surface area contributed by atoms with E-state index in [4.69, 9.17) is 0 Å². The fourth-order valence-corrected chi connectivity index (χ4v) is 2.82. The average molecular weight is 342 g/mol. The largest absolute Gasteiger partial charge is 0.354 e. The highest BCUT2D eigenvalue weighted by Crippen LogP contribution is 2.24. The topological polar surface area (TPSA) is 49.4 Å². The van der Waals surface area contributed by atoms with Gasteiger partial charge in [-0.2, -0.15) is 0 Å². The summed E-state index contributed by atoms with van der Waals surface area (Å²) in [5, 5.41) is 2.75. The molecular formula is C20H23FN2O2. The number of aryl methyl sites for hydroxylation is 2. The van der Waals surface area contributed by atoms with E-state index in [0.29, 0.717) is 18.5 Å². The molecule has 0 aliphatic carbocycles. The van der Waals surface area contributed by atoms with Crippen molar-refractivity contribution in [3.8, 4) is 0 Å². The first-order valence-corrected chi connectivity index (χ1v) is 8.24. The van der Waals surface area contributed by atoms with Crippen molar-refractivity contribution in [2.75, 3.05) is 18.0 Å². The molecule has 1 N–H and O–H groups in total. The molecule has 0 aromatic heterocycles. The number of halogens is 1. The number of benzene rings is 2. The molecule has 4 nitrogen and oxygen atoms in total. The zero-order valence-corrected chi connectivity index (χ0v) is 14.8. The lowest BCUT2D eigenvalue weighted by Gasteiger charge is -2.24. The summed E-state index contributed by atoms with van der Waals surface area (Å²) in [5.74, 6) is -0.742. The molecule has 0 aliphatic heterocycles. The van der Waals surface area contributed by atoms with Gasteiger partial charge in [-0.15, -0.1) is 0 Å². The van der Waals surface area contributed by atoms with Gasteiger partial charge in [0.2, 0.25) is 11.8 Å². The van der Waals surface area contributed by atoms with Crippen molar-refractivity contribution in [3.05, 3.63) is 65.0 Å². The third-order valence-corrected chi connectivity index (χ3v) is 4.07. The molecule has 2 aromatic carbocycles. The van der Waals surface area contributed by atoms with Gasteiger partial charge in [0.1, 0.15) is 12.4 Å². The Balaban J connectivity index is 1.99. The number of para-hydroxylation sites is 1. The van der Waals surface area contributed by atoms with Crippen molar-refractivity contribution in [1.82, 2.24) is 5.32 Å². The number of nitrogens with zero attached hydrogens (tertiary/aromatic N) is 1. The van der Waals surface area contributed by atoms with Crippen LogP contribution in [-0.2, 0) is 16.0 Å². The van der Waals surface area contributed by atoms with Crippen molar-refractivity contribution >= 4 is 17.5 Å². The van der Waals surface area contributed by atoms with Gasteiger partial charge >= 0.3 is 0 Å². The summed E-state index contributed by atoms with van der Waals surface area (Å²) in [6.45, 7) is 5.53. The summed E-state index contributed by atoms with van der Waals surface area (Å²) >= 11 is 0. The van der Waals surface area contributed by atoms with Gasteiger partial charge in [0.25, 0.3) is 0 Å². The van der Waals surface area contributed by atoms with Gasteiger partial charge in [0, 0.05) is 13.5 Å². The second-order valence-corrected chi connectivity index (χ2v) is 6.04. The minimum absolute atomic E-state index is 0.0572. The minimum atomic E-state index is -0.280. The molecule has 2 aromatic rings. The van der Waals surface area contributed by atoms with Crippen molar-refractivity contribution in [3.63, 3.8) is 0 Å². The monoisotopic (exact) mass is 342 g/mol. The lowest BCUT2D eigenvalue weighted by Crippen LogP contribution is -2.41. The molecule has 25 heavy (non-hydrogen) atoms. The first-order chi connectivity index (χ1) is 11.9. The highest BCUT2D eigenvalue weighted by Gasteiger charge is 2.19. The number of hydrogen-bond acceptors (Lipinski definition) is 2. The SMILES string of the molecule is CC(=O)N(CC(=O)NCCc1ccccc1F)c1c(C)cccc1C. The smallest absolute Gasteiger partial charge is 0.240 e. The van der Waals surface area contributed by atoms with E-state index >= 15 is 0 Å². The van der Waals surface area contributed by atoms with Gasteiger partial charge in [-0.1, -0.05) is 36.4 Å². The number of carbonyl (C=O) groups is 2. The number of rotatable bonds is 6. The molecule has 132 valence electrons. The molecule has 5 heteroatoms. The molecule has 0 bridgehead atoms. The first kappa shape index (κ1) is 18.6. The Labute approximate surface area is 147 Å². The summed E-state index contributed by atoms with van der Waals surface area (Å²) in [5.41, 5.74) is 3.20. The second-order valence-electron chi connectivity index (χ2n) is 6.04. The standard InChI is InChI=1S/C20H23FN2O2/c1-14-7-6-8-15(2)20(14)23(16(3)24)13-19(25)22-12-11-17-9-4-5-10-18(17)21/h4-10H,11-13H2,1-3H3,(H,22,25). The van der Waals surface area contributed by atoms with Crippen molar-refractivity contribution in [2.45, 2.75) is 27.2 Å². The molecule has 0 unspecified atom stereocenters. The van der Waals surface area contributed by atoms with E-state index in [1.807, 2.05) is 32.0 Å². The van der Waals surface area contributed by atoms with E-state index in [9.17, 15) is 14.0 Å². The molecule has 0 radical (unpaired) electrons. The Morgan fingerprint density at radius 1 is 1.04 bits per heavy atom. The molecule has 0 fully saturated rings. The second kappa shape index (κ2) is 8.42. The molecule has 0 heterocycles. The quantitative estimate of drug-likeness (QED) is 0.877. The van der Waals surface area contributed by atoms with Crippen molar-refractivity contribution in [2.24, 2.45) is 0 Å². The highest BCUT2D eigenvalue weighted by molar-refractivity contribution is 5.98. The van der Waals surface area contributed by atoms with Crippen LogP contribution >= 0.6 is 0 Å². The minimum Gasteiger partial charge on any atom is -0.354 e. The maximum atomic E-state index is 13.6. The summed E-state index contributed by atoms with van der Waals surface area (Å²) in [6.07, 6.45) is 0.405. The van der Waals surface area contributed by atoms with Gasteiger partial charge in [0.05, 0.1) is 5.69 Å². The van der Waals surface area contributed by atoms with Gasteiger partial charge in [-0.05, 0) is 43.0 Å². The molecule has 0 atom stereocenters. The third-order valence-electron chi connectivity index (χ3n) is 4.07. The predicted octanol–water partition coefficient (Wildman–Crippen LogP) is 3.15. The zero-order valence-electron chi connectivity index (χ0n) is 14.8. The number of anilines is 1. The average Bonchev–Trinajstić information content (AvgIpc) is 2.55. The molecular weight excluding hydrogens is 319 g/mol. The Hall–Kier alpha value is -2.69. The van der Waals surface area contributed by atoms with E-state index in [0.717, 1.165) is 16.8 Å². The molecule has 2 amide bonds. The van der Waals surface area contributed by atoms with Crippen LogP contribution < -0.4 is 10.2 Å². The van der Waals surface area contributed by atoms with Crippen LogP contribution in [-0.4, -0.2) is 24.9 Å². The van der Waals surface area contributed by atoms with Gasteiger partial charge < -0.3 is 10.2 Å². The summed E-state index contributed by atoms with van der Waals surface area (Å²) in [4.78, 5) is 25.7. The third kappa shape index (κ3) is 4.89. The zero-order chi connectivity index (χ0) is 18.4. The molecule has 0 aliphatic rings. The van der Waals surface area contributed by atoms with Crippen molar-refractivity contribution < 1.29 is 14.0 Å². The highest BCUT2D eigenvalue weighted by atomic mass is 19.1. The van der Waals surface area contributed by atoms with Crippen LogP contribution in [0.3, 0.4) is 0 Å². The fraction of sp³-hybridized carbons (Fsp3) is 0.300. The predicted molar refractivity (Wildman–Crippen MR) is 97.1 cm³/mol. The van der Waals surface area contributed by atoms with E-state index in [2.05, 4.69) is 5.32 Å². The molecule has 0 spiro atoms. The van der Waals surface area contributed by atoms with E-state index < -0.39 is 0 Å². The van der Waals surface area contributed by atoms with Crippen molar-refractivity contribution in [1.29, 1.82) is 0 Å². The first-order valence-electron chi connectivity index (χ1n) is 8.24. The van der Waals surface area contributed by atoms with Crippen LogP contribution in [0.2, 0.25) is 0 Å². The number of amides is 2. The van der Waals surface area contributed by atoms with Crippen LogP contribution in [0.25, 0.3) is 0 Å². The Morgan fingerprint density at radius 3 is 2.28 bits per heavy atom. The van der Waals surface area contributed by atoms with Crippen LogP contribution in [0.4, 0.5) is 10.1 Å². The van der Waals surface area contributed by atoms with E-state index in [1.54, 1.807) is 18.2 Å². The van der Waals surface area contributed by atoms with E-state index in [1.165, 1.54) is 17.9 Å². The molecule has 0 saturated heterocycles. The Kier molecular flexibility index (Phi) is 6.28. The number of carbonyl (C=O) groups excluding carboxylic acids is 2. The molecule has 2 rings (SSSR count). The lowest BCUT2D eigenvalue weighted by molar-refractivity contribution is -0.123. The number of nitrogens with one attached hydrogen (secondary N) is 1. The maximum absolute atomic E-state index is 13.6. The van der Waals surface area contributed by atoms with Crippen LogP contribution in [0.5, 0.6) is 0 Å². The normalized spacial score (nSPS) is 10.4.